The molecule has 1 atom stereocenters. The molecule has 1 aliphatic rings. The average Bonchev–Trinajstić information content (AvgIpc) is 3.39. The van der Waals surface area contributed by atoms with Crippen LogP contribution in [0.2, 0.25) is 0 Å². The van der Waals surface area contributed by atoms with Crippen LogP contribution in [0.15, 0.2) is 70.1 Å². The van der Waals surface area contributed by atoms with Gasteiger partial charge in [-0.25, -0.2) is 0 Å². The first kappa shape index (κ1) is 17.7. The molecule has 0 bridgehead atoms. The number of hydrogen-bond acceptors (Lipinski definition) is 5. The molecule has 4 aromatic rings. The molecule has 0 fully saturated rings. The Morgan fingerprint density at radius 2 is 1.89 bits per heavy atom. The van der Waals surface area contributed by atoms with Crippen molar-refractivity contribution in [1.29, 1.82) is 0 Å². The number of fused-ring (bicyclic) bond motifs is 1. The van der Waals surface area contributed by atoms with Gasteiger partial charge in [-0.15, -0.1) is 10.2 Å². The van der Waals surface area contributed by atoms with Crippen LogP contribution in [0.4, 0.5) is 0 Å². The quantitative estimate of drug-likeness (QED) is 0.448. The maximum Gasteiger partial charge on any atom is 0.165 e. The molecule has 1 unspecified atom stereocenters. The Morgan fingerprint density at radius 3 is 2.68 bits per heavy atom. The highest BCUT2D eigenvalue weighted by Crippen LogP contribution is 2.33. The van der Waals surface area contributed by atoms with Crippen molar-refractivity contribution in [2.75, 3.05) is 6.54 Å². The molecular weight excluding hydrogens is 434 g/mol. The Kier molecular flexibility index (Phi) is 4.80. The lowest BCUT2D eigenvalue weighted by molar-refractivity contribution is 0.176. The Balaban J connectivity index is 1.48. The molecule has 0 aliphatic carbocycles. The number of hydrogen-bond donors (Lipinski definition) is 0. The van der Waals surface area contributed by atoms with Crippen LogP contribution < -0.4 is 0 Å². The third kappa shape index (κ3) is 3.30. The predicted octanol–water partition coefficient (Wildman–Crippen LogP) is 4.77. The van der Waals surface area contributed by atoms with Crippen molar-refractivity contribution in [3.63, 3.8) is 0 Å². The van der Waals surface area contributed by atoms with Gasteiger partial charge in [-0.2, -0.15) is 11.3 Å². The molecule has 5 nitrogen and oxygen atoms in total. The van der Waals surface area contributed by atoms with Gasteiger partial charge in [0, 0.05) is 35.5 Å². The van der Waals surface area contributed by atoms with Crippen LogP contribution in [-0.4, -0.2) is 31.2 Å². The summed E-state index contributed by atoms with van der Waals surface area (Å²) in [5, 5.41) is 13.4. The molecule has 5 rings (SSSR count). The molecule has 0 saturated heterocycles. The minimum Gasteiger partial charge on any atom is -0.309 e. The fraction of sp³-hybridized carbons (Fsp3) is 0.190. The second kappa shape index (κ2) is 7.58. The van der Waals surface area contributed by atoms with Crippen LogP contribution >= 0.6 is 27.3 Å². The third-order valence-electron chi connectivity index (χ3n) is 5.09. The Morgan fingerprint density at radius 1 is 1.00 bits per heavy atom. The molecule has 0 N–H and O–H groups in total. The summed E-state index contributed by atoms with van der Waals surface area (Å²) >= 11 is 5.24. The SMILES string of the molecule is Brc1cncc(-c2nnc3n2CCN(C(c2ccccc2)c2ccsc2)C3)c1. The molecule has 1 aromatic carbocycles. The molecule has 0 radical (unpaired) electrons. The number of rotatable bonds is 4. The van der Waals surface area contributed by atoms with Crippen molar-refractivity contribution in [1.82, 2.24) is 24.6 Å². The number of aromatic nitrogens is 4. The summed E-state index contributed by atoms with van der Waals surface area (Å²) in [5.41, 5.74) is 3.63. The van der Waals surface area contributed by atoms with E-state index in [0.29, 0.717) is 0 Å². The van der Waals surface area contributed by atoms with E-state index in [0.717, 1.165) is 41.3 Å². The number of thiophene rings is 1. The molecular formula is C21H18BrN5S. The van der Waals surface area contributed by atoms with Crippen LogP contribution in [0.1, 0.15) is 23.0 Å². The van der Waals surface area contributed by atoms with Gasteiger partial charge in [-0.3, -0.25) is 9.88 Å². The normalized spacial score (nSPS) is 15.3. The second-order valence-electron chi connectivity index (χ2n) is 6.82. The van der Waals surface area contributed by atoms with E-state index in [1.807, 2.05) is 12.3 Å². The largest absolute Gasteiger partial charge is 0.309 e. The minimum atomic E-state index is 0.230. The molecule has 0 spiro atoms. The predicted molar refractivity (Wildman–Crippen MR) is 114 cm³/mol. The zero-order valence-electron chi connectivity index (χ0n) is 15.1. The van der Waals surface area contributed by atoms with E-state index < -0.39 is 0 Å². The summed E-state index contributed by atoms with van der Waals surface area (Å²) in [6, 6.07) is 15.2. The Bertz CT molecular complexity index is 1080. The third-order valence-corrected chi connectivity index (χ3v) is 6.22. The lowest BCUT2D eigenvalue weighted by Crippen LogP contribution is -2.37. The first-order chi connectivity index (χ1) is 13.8. The summed E-state index contributed by atoms with van der Waals surface area (Å²) < 4.78 is 3.16. The average molecular weight is 452 g/mol. The van der Waals surface area contributed by atoms with Gasteiger partial charge < -0.3 is 4.57 Å². The Labute approximate surface area is 175 Å². The Hall–Kier alpha value is -2.35. The van der Waals surface area contributed by atoms with E-state index in [2.05, 4.69) is 87.7 Å². The standard InChI is InChI=1S/C21H18BrN5S/c22-18-10-17(11-23-12-18)21-25-24-19-13-26(7-8-27(19)21)20(16-6-9-28-14-16)15-4-2-1-3-5-15/h1-6,9-12,14,20H,7-8,13H2. The summed E-state index contributed by atoms with van der Waals surface area (Å²) in [5.74, 6) is 1.88. The lowest BCUT2D eigenvalue weighted by atomic mass is 9.99. The van der Waals surface area contributed by atoms with Crippen LogP contribution in [0.3, 0.4) is 0 Å². The van der Waals surface area contributed by atoms with Gasteiger partial charge >= 0.3 is 0 Å². The number of halogens is 1. The lowest BCUT2D eigenvalue weighted by Gasteiger charge is -2.35. The van der Waals surface area contributed by atoms with E-state index in [1.165, 1.54) is 11.1 Å². The fourth-order valence-corrected chi connectivity index (χ4v) is 4.87. The molecule has 140 valence electrons. The van der Waals surface area contributed by atoms with Crippen LogP contribution in [0.25, 0.3) is 11.4 Å². The minimum absolute atomic E-state index is 0.230. The highest BCUT2D eigenvalue weighted by molar-refractivity contribution is 9.10. The molecule has 3 aromatic heterocycles. The maximum absolute atomic E-state index is 4.50. The molecule has 7 heteroatoms. The first-order valence-electron chi connectivity index (χ1n) is 9.14. The molecule has 4 heterocycles. The van der Waals surface area contributed by atoms with E-state index in [4.69, 9.17) is 0 Å². The monoisotopic (exact) mass is 451 g/mol. The maximum atomic E-state index is 4.50. The number of benzene rings is 1. The van der Waals surface area contributed by atoms with E-state index in [-0.39, 0.29) is 6.04 Å². The fourth-order valence-electron chi connectivity index (χ4n) is 3.82. The van der Waals surface area contributed by atoms with Gasteiger partial charge in [0.2, 0.25) is 0 Å². The van der Waals surface area contributed by atoms with Crippen molar-refractivity contribution in [3.8, 4) is 11.4 Å². The molecule has 1 aliphatic heterocycles. The number of pyridine rings is 1. The van der Waals surface area contributed by atoms with Crippen molar-refractivity contribution < 1.29 is 0 Å². The van der Waals surface area contributed by atoms with Crippen molar-refractivity contribution in [2.24, 2.45) is 0 Å². The highest BCUT2D eigenvalue weighted by atomic mass is 79.9. The molecule has 0 amide bonds. The highest BCUT2D eigenvalue weighted by Gasteiger charge is 2.29. The van der Waals surface area contributed by atoms with Crippen molar-refractivity contribution >= 4 is 27.3 Å². The van der Waals surface area contributed by atoms with Gasteiger partial charge in [-0.05, 0) is 49.9 Å². The van der Waals surface area contributed by atoms with Gasteiger partial charge in [0.1, 0.15) is 5.82 Å². The topological polar surface area (TPSA) is 46.8 Å². The van der Waals surface area contributed by atoms with E-state index >= 15 is 0 Å². The van der Waals surface area contributed by atoms with Gasteiger partial charge in [-0.1, -0.05) is 30.3 Å². The van der Waals surface area contributed by atoms with Crippen molar-refractivity contribution in [2.45, 2.75) is 19.1 Å². The molecule has 28 heavy (non-hydrogen) atoms. The van der Waals surface area contributed by atoms with Crippen LogP contribution in [-0.2, 0) is 13.1 Å². The van der Waals surface area contributed by atoms with Crippen LogP contribution in [0, 0.1) is 0 Å². The number of nitrogens with zero attached hydrogens (tertiary/aromatic N) is 5. The summed E-state index contributed by atoms with van der Waals surface area (Å²) in [6.07, 6.45) is 3.62. The second-order valence-corrected chi connectivity index (χ2v) is 8.52. The van der Waals surface area contributed by atoms with Crippen LogP contribution in [0.5, 0.6) is 0 Å². The van der Waals surface area contributed by atoms with E-state index in [1.54, 1.807) is 17.5 Å². The molecule has 0 saturated carbocycles. The summed E-state index contributed by atoms with van der Waals surface area (Å²) in [6.45, 7) is 2.57. The van der Waals surface area contributed by atoms with Gasteiger partial charge in [0.25, 0.3) is 0 Å². The van der Waals surface area contributed by atoms with Gasteiger partial charge in [0.05, 0.1) is 12.6 Å². The zero-order chi connectivity index (χ0) is 18.9. The first-order valence-corrected chi connectivity index (χ1v) is 10.9. The van der Waals surface area contributed by atoms with E-state index in [9.17, 15) is 0 Å². The zero-order valence-corrected chi connectivity index (χ0v) is 17.5. The smallest absolute Gasteiger partial charge is 0.165 e. The van der Waals surface area contributed by atoms with Crippen molar-refractivity contribution in [3.05, 3.63) is 87.0 Å². The summed E-state index contributed by atoms with van der Waals surface area (Å²) in [7, 11) is 0. The van der Waals surface area contributed by atoms with Gasteiger partial charge in [0.15, 0.2) is 5.82 Å². The summed E-state index contributed by atoms with van der Waals surface area (Å²) in [4.78, 5) is 6.76.